The maximum Gasteiger partial charge on any atom is 0.227 e. The first-order chi connectivity index (χ1) is 10.3. The fraction of sp³-hybridized carbons (Fsp3) is 0.562. The van der Waals surface area contributed by atoms with Gasteiger partial charge in [-0.3, -0.25) is 4.79 Å². The summed E-state index contributed by atoms with van der Waals surface area (Å²) in [5.74, 6) is -0.0697. The van der Waals surface area contributed by atoms with Crippen LogP contribution in [0.1, 0.15) is 31.7 Å². The molecule has 2 rings (SSSR count). The molecule has 2 N–H and O–H groups in total. The third-order valence-electron chi connectivity index (χ3n) is 3.55. The molecule has 1 aliphatic rings. The molecule has 0 radical (unpaired) electrons. The highest BCUT2D eigenvalue weighted by Gasteiger charge is 2.26. The van der Waals surface area contributed by atoms with Crippen molar-refractivity contribution in [2.75, 3.05) is 31.6 Å². The minimum absolute atomic E-state index is 0.0355. The Morgan fingerprint density at radius 3 is 2.76 bits per heavy atom. The van der Waals surface area contributed by atoms with Crippen LogP contribution in [0.4, 0.5) is 5.69 Å². The van der Waals surface area contributed by atoms with E-state index in [1.807, 2.05) is 38.1 Å². The van der Waals surface area contributed by atoms with Crippen LogP contribution >= 0.6 is 0 Å². The van der Waals surface area contributed by atoms with Gasteiger partial charge in [-0.05, 0) is 31.9 Å². The number of anilines is 1. The molecule has 0 spiro atoms. The minimum atomic E-state index is -0.374. The Labute approximate surface area is 126 Å². The van der Waals surface area contributed by atoms with Crippen LogP contribution in [0.15, 0.2) is 24.3 Å². The van der Waals surface area contributed by atoms with Crippen LogP contribution in [0.25, 0.3) is 0 Å². The molecule has 1 amide bonds. The minimum Gasteiger partial charge on any atom is -0.385 e. The van der Waals surface area contributed by atoms with Gasteiger partial charge in [0.2, 0.25) is 5.91 Å². The second-order valence-electron chi connectivity index (χ2n) is 4.94. The van der Waals surface area contributed by atoms with Crippen LogP contribution in [0.3, 0.4) is 0 Å². The van der Waals surface area contributed by atoms with Crippen LogP contribution in [0.2, 0.25) is 0 Å². The van der Waals surface area contributed by atoms with Gasteiger partial charge in [0.1, 0.15) is 0 Å². The number of nitrogens with one attached hydrogen (secondary N) is 2. The van der Waals surface area contributed by atoms with E-state index in [-0.39, 0.29) is 18.1 Å². The number of hydrogen-bond donors (Lipinski definition) is 2. The number of amides is 1. The van der Waals surface area contributed by atoms with Crippen molar-refractivity contribution in [2.24, 2.45) is 0 Å². The molecule has 1 aromatic carbocycles. The van der Waals surface area contributed by atoms with Gasteiger partial charge < -0.3 is 20.1 Å². The standard InChI is InChI=1S/C16H24N2O3/c1-3-20-15(21-4-2)11-18-16(19)13-9-10-17-14-8-6-5-7-12(13)14/h5-8,13,15,17H,3-4,9-11H2,1-2H3,(H,18,19). The number of carbonyl (C=O) groups is 1. The first kappa shape index (κ1) is 15.8. The molecule has 0 saturated heterocycles. The quantitative estimate of drug-likeness (QED) is 0.756. The lowest BCUT2D eigenvalue weighted by molar-refractivity contribution is -0.141. The van der Waals surface area contributed by atoms with Crippen molar-refractivity contribution in [3.05, 3.63) is 29.8 Å². The average Bonchev–Trinajstić information content (AvgIpc) is 2.52. The molecule has 1 aliphatic heterocycles. The summed E-state index contributed by atoms with van der Waals surface area (Å²) in [5, 5.41) is 6.27. The van der Waals surface area contributed by atoms with Crippen molar-refractivity contribution in [3.63, 3.8) is 0 Å². The van der Waals surface area contributed by atoms with E-state index in [0.717, 1.165) is 24.2 Å². The van der Waals surface area contributed by atoms with E-state index in [9.17, 15) is 4.79 Å². The molecule has 5 nitrogen and oxygen atoms in total. The average molecular weight is 292 g/mol. The topological polar surface area (TPSA) is 59.6 Å². The molecule has 5 heteroatoms. The predicted molar refractivity (Wildman–Crippen MR) is 82.3 cm³/mol. The fourth-order valence-corrected chi connectivity index (χ4v) is 2.59. The zero-order valence-electron chi connectivity index (χ0n) is 12.7. The summed E-state index contributed by atoms with van der Waals surface area (Å²) in [6.45, 7) is 6.16. The summed E-state index contributed by atoms with van der Waals surface area (Å²) < 4.78 is 10.9. The molecule has 1 atom stereocenters. The molecule has 0 aromatic heterocycles. The van der Waals surface area contributed by atoms with E-state index in [1.165, 1.54) is 0 Å². The summed E-state index contributed by atoms with van der Waals surface area (Å²) >= 11 is 0. The van der Waals surface area contributed by atoms with Crippen LogP contribution in [-0.4, -0.2) is 38.5 Å². The zero-order chi connectivity index (χ0) is 15.1. The van der Waals surface area contributed by atoms with E-state index in [1.54, 1.807) is 0 Å². The van der Waals surface area contributed by atoms with Crippen molar-refractivity contribution in [1.29, 1.82) is 0 Å². The molecule has 0 aliphatic carbocycles. The molecular weight excluding hydrogens is 268 g/mol. The Morgan fingerprint density at radius 2 is 2.05 bits per heavy atom. The van der Waals surface area contributed by atoms with Gasteiger partial charge in [0.25, 0.3) is 0 Å². The maximum absolute atomic E-state index is 12.4. The number of rotatable bonds is 7. The Balaban J connectivity index is 1.95. The second-order valence-corrected chi connectivity index (χ2v) is 4.94. The van der Waals surface area contributed by atoms with Crippen molar-refractivity contribution < 1.29 is 14.3 Å². The monoisotopic (exact) mass is 292 g/mol. The van der Waals surface area contributed by atoms with Crippen molar-refractivity contribution in [2.45, 2.75) is 32.5 Å². The largest absolute Gasteiger partial charge is 0.385 e. The lowest BCUT2D eigenvalue weighted by Gasteiger charge is -2.26. The summed E-state index contributed by atoms with van der Waals surface area (Å²) in [6.07, 6.45) is 0.428. The number of carbonyl (C=O) groups excluding carboxylic acids is 1. The van der Waals surface area contributed by atoms with Gasteiger partial charge in [-0.25, -0.2) is 0 Å². The highest BCUT2D eigenvalue weighted by Crippen LogP contribution is 2.31. The number of para-hydroxylation sites is 1. The summed E-state index contributed by atoms with van der Waals surface area (Å²) in [4.78, 5) is 12.4. The first-order valence-corrected chi connectivity index (χ1v) is 7.60. The van der Waals surface area contributed by atoms with E-state index in [2.05, 4.69) is 10.6 Å². The first-order valence-electron chi connectivity index (χ1n) is 7.60. The van der Waals surface area contributed by atoms with Crippen LogP contribution < -0.4 is 10.6 Å². The maximum atomic E-state index is 12.4. The van der Waals surface area contributed by atoms with Gasteiger partial charge in [0.05, 0.1) is 12.5 Å². The van der Waals surface area contributed by atoms with E-state index in [0.29, 0.717) is 19.8 Å². The normalized spacial score (nSPS) is 17.2. The second kappa shape index (κ2) is 8.00. The van der Waals surface area contributed by atoms with Gasteiger partial charge in [-0.2, -0.15) is 0 Å². The molecule has 1 heterocycles. The van der Waals surface area contributed by atoms with E-state index >= 15 is 0 Å². The Kier molecular flexibility index (Phi) is 6.02. The molecule has 116 valence electrons. The fourth-order valence-electron chi connectivity index (χ4n) is 2.59. The van der Waals surface area contributed by atoms with Crippen LogP contribution in [-0.2, 0) is 14.3 Å². The molecule has 0 fully saturated rings. The molecule has 1 aromatic rings. The number of hydrogen-bond acceptors (Lipinski definition) is 4. The highest BCUT2D eigenvalue weighted by molar-refractivity contribution is 5.86. The van der Waals surface area contributed by atoms with Crippen molar-refractivity contribution >= 4 is 11.6 Å². The number of benzene rings is 1. The number of ether oxygens (including phenoxy) is 2. The summed E-state index contributed by atoms with van der Waals surface area (Å²) in [6, 6.07) is 7.97. The van der Waals surface area contributed by atoms with Crippen molar-refractivity contribution in [1.82, 2.24) is 5.32 Å². The smallest absolute Gasteiger partial charge is 0.227 e. The van der Waals surface area contributed by atoms with Gasteiger partial charge >= 0.3 is 0 Å². The van der Waals surface area contributed by atoms with Gasteiger partial charge in [-0.15, -0.1) is 0 Å². The van der Waals surface area contributed by atoms with E-state index < -0.39 is 0 Å². The molecule has 0 saturated carbocycles. The number of fused-ring (bicyclic) bond motifs is 1. The Hall–Kier alpha value is -1.59. The predicted octanol–water partition coefficient (Wildman–Crippen LogP) is 2.10. The summed E-state index contributed by atoms with van der Waals surface area (Å²) in [7, 11) is 0. The molecular formula is C16H24N2O3. The Morgan fingerprint density at radius 1 is 1.33 bits per heavy atom. The van der Waals surface area contributed by atoms with Crippen LogP contribution in [0, 0.1) is 0 Å². The third kappa shape index (κ3) is 4.19. The van der Waals surface area contributed by atoms with Gasteiger partial charge in [0, 0.05) is 25.4 Å². The molecule has 21 heavy (non-hydrogen) atoms. The van der Waals surface area contributed by atoms with E-state index in [4.69, 9.17) is 9.47 Å². The highest BCUT2D eigenvalue weighted by atomic mass is 16.7. The molecule has 1 unspecified atom stereocenters. The summed E-state index contributed by atoms with van der Waals surface area (Å²) in [5.41, 5.74) is 2.11. The zero-order valence-corrected chi connectivity index (χ0v) is 12.7. The molecule has 0 bridgehead atoms. The SMILES string of the molecule is CCOC(CNC(=O)C1CCNc2ccccc21)OCC. The lowest BCUT2D eigenvalue weighted by atomic mass is 9.90. The Bertz CT molecular complexity index is 459. The third-order valence-corrected chi connectivity index (χ3v) is 3.55. The lowest BCUT2D eigenvalue weighted by Crippen LogP contribution is -2.39. The van der Waals surface area contributed by atoms with Crippen molar-refractivity contribution in [3.8, 4) is 0 Å². The van der Waals surface area contributed by atoms with Gasteiger partial charge in [0.15, 0.2) is 6.29 Å². The van der Waals surface area contributed by atoms with Gasteiger partial charge in [-0.1, -0.05) is 18.2 Å². The van der Waals surface area contributed by atoms with Crippen LogP contribution in [0.5, 0.6) is 0 Å².